The van der Waals surface area contributed by atoms with Crippen LogP contribution in [0.4, 0.5) is 21.9 Å². The average molecular weight is 359 g/mol. The van der Waals surface area contributed by atoms with Crippen molar-refractivity contribution in [3.8, 4) is 11.5 Å². The number of carboxylic acid groups (broad SMARTS) is 1. The predicted molar refractivity (Wildman–Crippen MR) is 99.4 cm³/mol. The van der Waals surface area contributed by atoms with Crippen LogP contribution in [0.25, 0.3) is 0 Å². The summed E-state index contributed by atoms with van der Waals surface area (Å²) in [4.78, 5) is 23.4. The molecule has 0 atom stereocenters. The second-order valence-corrected chi connectivity index (χ2v) is 6.57. The smallest absolute Gasteiger partial charge is 0.412 e. The first kappa shape index (κ1) is 19.0. The molecule has 8 nitrogen and oxygen atoms in total. The minimum absolute atomic E-state index is 0.0571. The third kappa shape index (κ3) is 4.21. The van der Waals surface area contributed by atoms with E-state index in [0.29, 0.717) is 22.9 Å². The number of nitro benzene ring substituents is 1. The van der Waals surface area contributed by atoms with Crippen molar-refractivity contribution in [1.29, 1.82) is 0 Å². The summed E-state index contributed by atoms with van der Waals surface area (Å²) in [5.41, 5.74) is 0.110. The van der Waals surface area contributed by atoms with E-state index in [2.05, 4.69) is 5.32 Å². The van der Waals surface area contributed by atoms with Gasteiger partial charge in [0.15, 0.2) is 0 Å². The second kappa shape index (κ2) is 7.30. The second-order valence-electron chi connectivity index (χ2n) is 6.57. The van der Waals surface area contributed by atoms with Crippen LogP contribution in [0, 0.1) is 10.1 Å². The number of nitrogens with one attached hydrogen (secondary N) is 1. The molecule has 0 aliphatic rings. The highest BCUT2D eigenvalue weighted by molar-refractivity contribution is 5.87. The van der Waals surface area contributed by atoms with Gasteiger partial charge in [0.05, 0.1) is 10.6 Å². The van der Waals surface area contributed by atoms with Gasteiger partial charge in [-0.15, -0.1) is 0 Å². The Morgan fingerprint density at radius 2 is 1.85 bits per heavy atom. The van der Waals surface area contributed by atoms with Gasteiger partial charge in [0.25, 0.3) is 5.69 Å². The Kier molecular flexibility index (Phi) is 5.35. The van der Waals surface area contributed by atoms with E-state index in [1.54, 1.807) is 52.1 Å². The van der Waals surface area contributed by atoms with E-state index in [-0.39, 0.29) is 5.69 Å². The summed E-state index contributed by atoms with van der Waals surface area (Å²) in [5, 5.41) is 23.3. The standard InChI is InChI=1S/C18H21N3O5/c1-18(2,3)20(17(22)23)12-6-5-7-13(10-12)26-14-8-9-16(21(24)25)15(11-14)19-4/h5-11,19H,1-4H3,(H,22,23). The maximum Gasteiger partial charge on any atom is 0.412 e. The molecule has 0 fully saturated rings. The summed E-state index contributed by atoms with van der Waals surface area (Å²) < 4.78 is 5.76. The third-order valence-corrected chi connectivity index (χ3v) is 3.61. The highest BCUT2D eigenvalue weighted by Gasteiger charge is 2.28. The minimum atomic E-state index is -1.07. The molecule has 0 heterocycles. The van der Waals surface area contributed by atoms with Crippen LogP contribution >= 0.6 is 0 Å². The van der Waals surface area contributed by atoms with Crippen molar-refractivity contribution in [3.05, 3.63) is 52.6 Å². The third-order valence-electron chi connectivity index (χ3n) is 3.61. The molecule has 26 heavy (non-hydrogen) atoms. The summed E-state index contributed by atoms with van der Waals surface area (Å²) in [7, 11) is 1.58. The van der Waals surface area contributed by atoms with E-state index in [4.69, 9.17) is 4.74 Å². The van der Waals surface area contributed by atoms with Crippen LogP contribution in [-0.4, -0.2) is 28.7 Å². The molecule has 8 heteroatoms. The zero-order valence-electron chi connectivity index (χ0n) is 15.0. The molecule has 0 aliphatic heterocycles. The van der Waals surface area contributed by atoms with Crippen LogP contribution < -0.4 is 15.0 Å². The van der Waals surface area contributed by atoms with Crippen LogP contribution in [0.3, 0.4) is 0 Å². The maximum atomic E-state index is 11.6. The quantitative estimate of drug-likeness (QED) is 0.591. The Bertz CT molecular complexity index is 830. The number of nitro groups is 1. The highest BCUT2D eigenvalue weighted by atomic mass is 16.6. The molecule has 2 aromatic carbocycles. The molecule has 0 spiro atoms. The molecule has 0 radical (unpaired) electrons. The van der Waals surface area contributed by atoms with Crippen LogP contribution in [0.2, 0.25) is 0 Å². The molecular formula is C18H21N3O5. The Hall–Kier alpha value is -3.29. The van der Waals surface area contributed by atoms with Crippen LogP contribution in [0.1, 0.15) is 20.8 Å². The molecular weight excluding hydrogens is 338 g/mol. The Morgan fingerprint density at radius 1 is 1.19 bits per heavy atom. The van der Waals surface area contributed by atoms with E-state index in [0.717, 1.165) is 0 Å². The molecule has 1 amide bonds. The van der Waals surface area contributed by atoms with Gasteiger partial charge < -0.3 is 15.2 Å². The van der Waals surface area contributed by atoms with Crippen molar-refractivity contribution in [1.82, 2.24) is 0 Å². The maximum absolute atomic E-state index is 11.6. The number of anilines is 2. The fraction of sp³-hybridized carbons (Fsp3) is 0.278. The number of benzene rings is 2. The van der Waals surface area contributed by atoms with Crippen LogP contribution in [0.15, 0.2) is 42.5 Å². The molecule has 0 unspecified atom stereocenters. The number of hydrogen-bond donors (Lipinski definition) is 2. The first-order valence-corrected chi connectivity index (χ1v) is 7.90. The zero-order valence-corrected chi connectivity index (χ0v) is 15.0. The summed E-state index contributed by atoms with van der Waals surface area (Å²) in [6.07, 6.45) is -1.07. The molecule has 0 bridgehead atoms. The molecule has 0 aliphatic carbocycles. The van der Waals surface area contributed by atoms with Crippen molar-refractivity contribution in [2.75, 3.05) is 17.3 Å². The van der Waals surface area contributed by atoms with Crippen molar-refractivity contribution in [2.45, 2.75) is 26.3 Å². The van der Waals surface area contributed by atoms with E-state index in [9.17, 15) is 20.0 Å². The fourth-order valence-electron chi connectivity index (χ4n) is 2.54. The van der Waals surface area contributed by atoms with E-state index < -0.39 is 16.6 Å². The van der Waals surface area contributed by atoms with Gasteiger partial charge in [-0.2, -0.15) is 0 Å². The first-order valence-electron chi connectivity index (χ1n) is 7.90. The lowest BCUT2D eigenvalue weighted by atomic mass is 10.1. The average Bonchev–Trinajstić information content (AvgIpc) is 2.53. The lowest BCUT2D eigenvalue weighted by Gasteiger charge is -2.33. The topological polar surface area (TPSA) is 105 Å². The highest BCUT2D eigenvalue weighted by Crippen LogP contribution is 2.33. The number of nitrogens with zero attached hydrogens (tertiary/aromatic N) is 2. The van der Waals surface area contributed by atoms with Gasteiger partial charge in [-0.05, 0) is 39.0 Å². The summed E-state index contributed by atoms with van der Waals surface area (Å²) in [5.74, 6) is 0.823. The summed E-state index contributed by atoms with van der Waals surface area (Å²) in [6, 6.07) is 11.0. The Balaban J connectivity index is 2.34. The number of amides is 1. The minimum Gasteiger partial charge on any atom is -0.465 e. The largest absolute Gasteiger partial charge is 0.465 e. The number of rotatable bonds is 5. The van der Waals surface area contributed by atoms with E-state index >= 15 is 0 Å². The van der Waals surface area contributed by atoms with Gasteiger partial charge in [0.1, 0.15) is 17.2 Å². The van der Waals surface area contributed by atoms with Crippen LogP contribution in [-0.2, 0) is 0 Å². The zero-order chi connectivity index (χ0) is 19.5. The molecule has 2 aromatic rings. The molecule has 0 aromatic heterocycles. The monoisotopic (exact) mass is 359 g/mol. The van der Waals surface area contributed by atoms with Crippen molar-refractivity contribution >= 4 is 23.2 Å². The van der Waals surface area contributed by atoms with Crippen molar-refractivity contribution < 1.29 is 19.6 Å². The number of ether oxygens (including phenoxy) is 1. The summed E-state index contributed by atoms with van der Waals surface area (Å²) in [6.45, 7) is 5.39. The summed E-state index contributed by atoms with van der Waals surface area (Å²) >= 11 is 0. The van der Waals surface area contributed by atoms with E-state index in [1.807, 2.05) is 0 Å². The van der Waals surface area contributed by atoms with Gasteiger partial charge >= 0.3 is 6.09 Å². The van der Waals surface area contributed by atoms with Gasteiger partial charge in [-0.3, -0.25) is 15.0 Å². The van der Waals surface area contributed by atoms with Crippen molar-refractivity contribution in [2.24, 2.45) is 0 Å². The lowest BCUT2D eigenvalue weighted by Crippen LogP contribution is -2.45. The number of hydrogen-bond acceptors (Lipinski definition) is 5. The molecule has 0 saturated carbocycles. The van der Waals surface area contributed by atoms with Gasteiger partial charge in [0.2, 0.25) is 0 Å². The Morgan fingerprint density at radius 3 is 2.38 bits per heavy atom. The van der Waals surface area contributed by atoms with Gasteiger partial charge in [-0.1, -0.05) is 6.07 Å². The molecule has 2 N–H and O–H groups in total. The molecule has 2 rings (SSSR count). The first-order chi connectivity index (χ1) is 12.1. The van der Waals surface area contributed by atoms with Gasteiger partial charge in [-0.25, -0.2) is 4.79 Å². The molecule has 138 valence electrons. The van der Waals surface area contributed by atoms with E-state index in [1.165, 1.54) is 23.1 Å². The molecule has 0 saturated heterocycles. The predicted octanol–water partition coefficient (Wildman–Crippen LogP) is 4.71. The fourth-order valence-corrected chi connectivity index (χ4v) is 2.54. The van der Waals surface area contributed by atoms with Crippen molar-refractivity contribution in [3.63, 3.8) is 0 Å². The number of carbonyl (C=O) groups is 1. The van der Waals surface area contributed by atoms with Gasteiger partial charge in [0, 0.05) is 30.8 Å². The Labute approximate surface area is 151 Å². The SMILES string of the molecule is CNc1cc(Oc2cccc(N(C(=O)O)C(C)(C)C)c2)ccc1[N+](=O)[O-]. The lowest BCUT2D eigenvalue weighted by molar-refractivity contribution is -0.384. The van der Waals surface area contributed by atoms with Crippen LogP contribution in [0.5, 0.6) is 11.5 Å². The normalized spacial score (nSPS) is 10.9.